The lowest BCUT2D eigenvalue weighted by molar-refractivity contribution is 0.0998. The number of aromatic nitrogens is 1. The molecule has 0 saturated heterocycles. The summed E-state index contributed by atoms with van der Waals surface area (Å²) < 4.78 is 31.0. The molecule has 2 aromatic rings. The summed E-state index contributed by atoms with van der Waals surface area (Å²) in [7, 11) is -0.538. The van der Waals surface area contributed by atoms with Crippen LogP contribution in [0.4, 0.5) is 0 Å². The van der Waals surface area contributed by atoms with Crippen molar-refractivity contribution in [2.24, 2.45) is 10.7 Å². The Labute approximate surface area is 143 Å². The molecule has 0 aliphatic rings. The maximum Gasteiger partial charge on any atom is 0.296 e. The zero-order valence-corrected chi connectivity index (χ0v) is 14.7. The standard InChI is InChI=1S/C12H13ClN4O2.CH4O3S/c1-15-12(14)17-11(18)10-5-7-8(13)3-6(19-2)4-9(7)16-10;1-5(2,3)4/h3-5,16H,1-2H3,(H3,14,15,17,18);1H3,(H,2,3,4). The Hall–Kier alpha value is -2.30. The minimum Gasteiger partial charge on any atom is -0.497 e. The highest BCUT2D eigenvalue weighted by atomic mass is 35.5. The Balaban J connectivity index is 0.000000505. The number of amides is 1. The van der Waals surface area contributed by atoms with E-state index in [0.717, 1.165) is 5.39 Å². The Bertz CT molecular complexity index is 868. The largest absolute Gasteiger partial charge is 0.497 e. The predicted molar refractivity (Wildman–Crippen MR) is 92.3 cm³/mol. The minimum absolute atomic E-state index is 0.0485. The van der Waals surface area contributed by atoms with Crippen LogP contribution in [0.1, 0.15) is 10.5 Å². The van der Waals surface area contributed by atoms with Crippen LogP contribution in [0.2, 0.25) is 5.02 Å². The fourth-order valence-corrected chi connectivity index (χ4v) is 1.89. The van der Waals surface area contributed by atoms with Gasteiger partial charge in [0.2, 0.25) is 0 Å². The number of hydrogen-bond acceptors (Lipinski definition) is 4. The van der Waals surface area contributed by atoms with E-state index in [2.05, 4.69) is 15.3 Å². The highest BCUT2D eigenvalue weighted by molar-refractivity contribution is 7.85. The normalized spacial score (nSPS) is 11.6. The van der Waals surface area contributed by atoms with Crippen LogP contribution in [0, 0.1) is 0 Å². The summed E-state index contributed by atoms with van der Waals surface area (Å²) in [6, 6.07) is 5.06. The lowest BCUT2D eigenvalue weighted by Gasteiger charge is -2.00. The number of rotatable bonds is 2. The molecule has 0 radical (unpaired) electrons. The van der Waals surface area contributed by atoms with Crippen molar-refractivity contribution in [1.82, 2.24) is 10.3 Å². The van der Waals surface area contributed by atoms with Gasteiger partial charge in [0.05, 0.1) is 23.9 Å². The van der Waals surface area contributed by atoms with E-state index in [-0.39, 0.29) is 5.96 Å². The summed E-state index contributed by atoms with van der Waals surface area (Å²) in [4.78, 5) is 18.4. The number of ether oxygens (including phenoxy) is 1. The first-order valence-corrected chi connectivity index (χ1v) is 8.62. The monoisotopic (exact) mass is 376 g/mol. The number of fused-ring (bicyclic) bond motifs is 1. The molecule has 0 bridgehead atoms. The molecule has 5 N–H and O–H groups in total. The maximum atomic E-state index is 11.8. The van der Waals surface area contributed by atoms with Crippen LogP contribution >= 0.6 is 11.6 Å². The van der Waals surface area contributed by atoms with E-state index >= 15 is 0 Å². The molecule has 0 saturated carbocycles. The van der Waals surface area contributed by atoms with Gasteiger partial charge in [-0.25, -0.2) is 0 Å². The van der Waals surface area contributed by atoms with Gasteiger partial charge in [-0.3, -0.25) is 9.35 Å². The van der Waals surface area contributed by atoms with Crippen molar-refractivity contribution >= 4 is 44.5 Å². The highest BCUT2D eigenvalue weighted by Gasteiger charge is 2.12. The fourth-order valence-electron chi connectivity index (χ4n) is 1.63. The molecule has 2 rings (SSSR count). The molecule has 0 aliphatic carbocycles. The second kappa shape index (κ2) is 7.99. The molecule has 132 valence electrons. The van der Waals surface area contributed by atoms with Crippen molar-refractivity contribution in [3.05, 3.63) is 28.9 Å². The van der Waals surface area contributed by atoms with Crippen molar-refractivity contribution < 1.29 is 22.5 Å². The van der Waals surface area contributed by atoms with Crippen LogP contribution in [0.15, 0.2) is 23.2 Å². The van der Waals surface area contributed by atoms with E-state index in [1.165, 1.54) is 0 Å². The van der Waals surface area contributed by atoms with E-state index < -0.39 is 16.0 Å². The Morgan fingerprint density at radius 2 is 2.00 bits per heavy atom. The van der Waals surface area contributed by atoms with Crippen LogP contribution < -0.4 is 15.8 Å². The summed E-state index contributed by atoms with van der Waals surface area (Å²) in [5.41, 5.74) is 6.45. The number of aliphatic imine (C=N–C) groups is 1. The topological polar surface area (TPSA) is 147 Å². The summed E-state index contributed by atoms with van der Waals surface area (Å²) in [6.07, 6.45) is 0.715. The molecule has 9 nitrogen and oxygen atoms in total. The second-order valence-electron chi connectivity index (χ2n) is 4.54. The first-order valence-electron chi connectivity index (χ1n) is 6.40. The Kier molecular flexibility index (Phi) is 6.58. The van der Waals surface area contributed by atoms with Crippen molar-refractivity contribution in [3.8, 4) is 5.75 Å². The van der Waals surface area contributed by atoms with E-state index in [9.17, 15) is 13.2 Å². The van der Waals surface area contributed by atoms with Gasteiger partial charge in [0.25, 0.3) is 16.0 Å². The molecule has 0 unspecified atom stereocenters. The van der Waals surface area contributed by atoms with Crippen LogP contribution in [-0.4, -0.2) is 50.2 Å². The molecule has 1 aromatic carbocycles. The molecule has 1 aromatic heterocycles. The molecule has 0 atom stereocenters. The SMILES string of the molecule is CNC(N)=NC(=O)c1cc2c(Cl)cc(OC)cc2[nH]1.CS(=O)(=O)O. The van der Waals surface area contributed by atoms with Crippen molar-refractivity contribution in [2.75, 3.05) is 20.4 Å². The Morgan fingerprint density at radius 1 is 1.42 bits per heavy atom. The number of benzene rings is 1. The number of nitrogens with two attached hydrogens (primary N) is 1. The molecule has 1 heterocycles. The summed E-state index contributed by atoms with van der Waals surface area (Å²) >= 11 is 6.11. The number of guanidine groups is 1. The summed E-state index contributed by atoms with van der Waals surface area (Å²) in [5.74, 6) is 0.182. The van der Waals surface area contributed by atoms with Crippen LogP contribution in [0.3, 0.4) is 0 Å². The average Bonchev–Trinajstić information content (AvgIpc) is 2.89. The molecule has 0 spiro atoms. The van der Waals surface area contributed by atoms with Gasteiger partial charge >= 0.3 is 0 Å². The lowest BCUT2D eigenvalue weighted by Crippen LogP contribution is -2.28. The second-order valence-corrected chi connectivity index (χ2v) is 6.41. The number of methoxy groups -OCH3 is 1. The van der Waals surface area contributed by atoms with Crippen molar-refractivity contribution in [3.63, 3.8) is 0 Å². The molecule has 1 amide bonds. The number of nitrogens with one attached hydrogen (secondary N) is 2. The van der Waals surface area contributed by atoms with Crippen LogP contribution in [0.25, 0.3) is 10.9 Å². The number of H-pyrrole nitrogens is 1. The maximum absolute atomic E-state index is 11.8. The first-order chi connectivity index (χ1) is 11.0. The third-order valence-electron chi connectivity index (χ3n) is 2.61. The number of carbonyl (C=O) groups is 1. The van der Waals surface area contributed by atoms with Crippen LogP contribution in [0.5, 0.6) is 5.75 Å². The van der Waals surface area contributed by atoms with Gasteiger partial charge in [0, 0.05) is 18.5 Å². The molecule has 0 aliphatic heterocycles. The highest BCUT2D eigenvalue weighted by Crippen LogP contribution is 2.29. The minimum atomic E-state index is -3.67. The summed E-state index contributed by atoms with van der Waals surface area (Å²) in [6.45, 7) is 0. The first kappa shape index (κ1) is 19.7. The molecular weight excluding hydrogens is 360 g/mol. The number of hydrogen-bond donors (Lipinski definition) is 4. The van der Waals surface area contributed by atoms with E-state index in [1.54, 1.807) is 32.4 Å². The lowest BCUT2D eigenvalue weighted by atomic mass is 10.2. The predicted octanol–water partition coefficient (Wildman–Crippen LogP) is 1.01. The van der Waals surface area contributed by atoms with E-state index in [4.69, 9.17) is 26.6 Å². The van der Waals surface area contributed by atoms with Gasteiger partial charge in [-0.15, -0.1) is 0 Å². The number of nitrogens with zero attached hydrogens (tertiary/aromatic N) is 1. The van der Waals surface area contributed by atoms with Crippen molar-refractivity contribution in [2.45, 2.75) is 0 Å². The van der Waals surface area contributed by atoms with E-state index in [0.29, 0.717) is 28.2 Å². The van der Waals surface area contributed by atoms with Gasteiger partial charge in [0.15, 0.2) is 5.96 Å². The van der Waals surface area contributed by atoms with Gasteiger partial charge in [-0.05, 0) is 12.1 Å². The molecule has 11 heteroatoms. The van der Waals surface area contributed by atoms with Crippen LogP contribution in [-0.2, 0) is 10.1 Å². The van der Waals surface area contributed by atoms with E-state index in [1.807, 2.05) is 0 Å². The molecule has 0 fully saturated rings. The third kappa shape index (κ3) is 6.07. The molecular formula is C13H17ClN4O5S. The smallest absolute Gasteiger partial charge is 0.296 e. The van der Waals surface area contributed by atoms with Gasteiger partial charge in [-0.1, -0.05) is 11.6 Å². The zero-order valence-electron chi connectivity index (χ0n) is 13.1. The summed E-state index contributed by atoms with van der Waals surface area (Å²) in [5, 5.41) is 3.80. The number of carbonyl (C=O) groups excluding carboxylic acids is 1. The fraction of sp³-hybridized carbons (Fsp3) is 0.231. The van der Waals surface area contributed by atoms with Crippen molar-refractivity contribution in [1.29, 1.82) is 0 Å². The number of halogens is 1. The third-order valence-corrected chi connectivity index (χ3v) is 2.92. The van der Waals surface area contributed by atoms with Gasteiger partial charge < -0.3 is 20.8 Å². The van der Waals surface area contributed by atoms with Gasteiger partial charge in [-0.2, -0.15) is 13.4 Å². The Morgan fingerprint density at radius 3 is 2.50 bits per heavy atom. The molecule has 24 heavy (non-hydrogen) atoms. The number of aromatic amines is 1. The quantitative estimate of drug-likeness (QED) is 0.347. The average molecular weight is 377 g/mol. The van der Waals surface area contributed by atoms with Gasteiger partial charge in [0.1, 0.15) is 11.4 Å². The zero-order chi connectivity index (χ0) is 18.5.